The first kappa shape index (κ1) is 19.8. The van der Waals surface area contributed by atoms with E-state index < -0.39 is 11.8 Å². The summed E-state index contributed by atoms with van der Waals surface area (Å²) in [5.74, 6) is -1.03. The molecule has 0 atom stereocenters. The van der Waals surface area contributed by atoms with Crippen LogP contribution >= 0.6 is 0 Å². The smallest absolute Gasteiger partial charge is 0.329 e. The molecule has 0 fully saturated rings. The fourth-order valence-corrected chi connectivity index (χ4v) is 2.13. The van der Waals surface area contributed by atoms with Crippen LogP contribution in [0.2, 0.25) is 0 Å². The van der Waals surface area contributed by atoms with Gasteiger partial charge in [-0.15, -0.1) is 0 Å². The Balaban J connectivity index is 1.96. The molecular weight excluding hydrogens is 350 g/mol. The van der Waals surface area contributed by atoms with E-state index in [1.54, 1.807) is 43.3 Å². The van der Waals surface area contributed by atoms with Crippen molar-refractivity contribution in [3.8, 4) is 17.2 Å². The molecule has 8 nitrogen and oxygen atoms in total. The molecule has 0 spiro atoms. The summed E-state index contributed by atoms with van der Waals surface area (Å²) in [4.78, 5) is 23.9. The number of phenolic OH excluding ortho intramolecular Hbond substituents is 1. The lowest BCUT2D eigenvalue weighted by Gasteiger charge is -2.10. The highest BCUT2D eigenvalue weighted by atomic mass is 16.5. The number of amides is 2. The van der Waals surface area contributed by atoms with Crippen molar-refractivity contribution in [2.24, 2.45) is 5.10 Å². The highest BCUT2D eigenvalue weighted by molar-refractivity contribution is 6.39. The number of hydrogen-bond donors (Lipinski definition) is 3. The van der Waals surface area contributed by atoms with E-state index in [0.717, 1.165) is 0 Å². The molecule has 142 valence electrons. The number of phenols is 1. The summed E-state index contributed by atoms with van der Waals surface area (Å²) < 4.78 is 10.7. The number of ether oxygens (including phenoxy) is 2. The van der Waals surface area contributed by atoms with Crippen LogP contribution < -0.4 is 20.2 Å². The molecule has 2 rings (SSSR count). The number of hydrogen-bond acceptors (Lipinski definition) is 6. The predicted octanol–water partition coefficient (Wildman–Crippen LogP) is 2.28. The van der Waals surface area contributed by atoms with Gasteiger partial charge >= 0.3 is 11.8 Å². The first-order valence-electron chi connectivity index (χ1n) is 8.37. The van der Waals surface area contributed by atoms with Crippen LogP contribution in [-0.2, 0) is 9.59 Å². The normalized spacial score (nSPS) is 10.4. The van der Waals surface area contributed by atoms with Gasteiger partial charge in [-0.3, -0.25) is 9.59 Å². The maximum Gasteiger partial charge on any atom is 0.329 e. The second-order valence-corrected chi connectivity index (χ2v) is 5.24. The summed E-state index contributed by atoms with van der Waals surface area (Å²) >= 11 is 0. The van der Waals surface area contributed by atoms with Crippen LogP contribution in [0, 0.1) is 0 Å². The number of anilines is 1. The molecule has 0 unspecified atom stereocenters. The van der Waals surface area contributed by atoms with E-state index in [2.05, 4.69) is 15.8 Å². The van der Waals surface area contributed by atoms with Crippen molar-refractivity contribution in [3.05, 3.63) is 48.0 Å². The Bertz CT molecular complexity index is 836. The van der Waals surface area contributed by atoms with Crippen molar-refractivity contribution in [1.29, 1.82) is 0 Å². The molecule has 2 amide bonds. The number of nitrogens with zero attached hydrogens (tertiary/aromatic N) is 1. The number of hydrazone groups is 1. The maximum atomic E-state index is 12.0. The van der Waals surface area contributed by atoms with Crippen molar-refractivity contribution in [2.45, 2.75) is 13.8 Å². The molecule has 27 heavy (non-hydrogen) atoms. The van der Waals surface area contributed by atoms with Crippen LogP contribution in [0.1, 0.15) is 19.4 Å². The van der Waals surface area contributed by atoms with E-state index in [0.29, 0.717) is 36.0 Å². The van der Waals surface area contributed by atoms with Gasteiger partial charge in [-0.2, -0.15) is 5.10 Å². The molecule has 0 radical (unpaired) electrons. The molecule has 0 bridgehead atoms. The highest BCUT2D eigenvalue weighted by Crippen LogP contribution is 2.26. The highest BCUT2D eigenvalue weighted by Gasteiger charge is 2.15. The van der Waals surface area contributed by atoms with Gasteiger partial charge in [0.15, 0.2) is 11.5 Å². The van der Waals surface area contributed by atoms with Crippen molar-refractivity contribution in [2.75, 3.05) is 18.5 Å². The van der Waals surface area contributed by atoms with Crippen molar-refractivity contribution in [1.82, 2.24) is 5.43 Å². The van der Waals surface area contributed by atoms with E-state index in [1.165, 1.54) is 12.3 Å². The van der Waals surface area contributed by atoms with Gasteiger partial charge in [0.25, 0.3) is 0 Å². The second kappa shape index (κ2) is 9.81. The quantitative estimate of drug-likeness (QED) is 0.393. The minimum Gasteiger partial charge on any atom is -0.504 e. The zero-order valence-corrected chi connectivity index (χ0v) is 15.1. The van der Waals surface area contributed by atoms with Gasteiger partial charge in [0.2, 0.25) is 0 Å². The monoisotopic (exact) mass is 371 g/mol. The largest absolute Gasteiger partial charge is 0.504 e. The Kier molecular flexibility index (Phi) is 7.18. The third kappa shape index (κ3) is 5.74. The van der Waals surface area contributed by atoms with E-state index in [-0.39, 0.29) is 5.75 Å². The van der Waals surface area contributed by atoms with Gasteiger partial charge in [-0.05, 0) is 49.7 Å². The van der Waals surface area contributed by atoms with Gasteiger partial charge in [0, 0.05) is 0 Å². The third-order valence-electron chi connectivity index (χ3n) is 3.30. The molecule has 8 heteroatoms. The lowest BCUT2D eigenvalue weighted by molar-refractivity contribution is -0.136. The minimum atomic E-state index is -0.929. The molecule has 0 saturated carbocycles. The van der Waals surface area contributed by atoms with Crippen LogP contribution in [0.4, 0.5) is 5.69 Å². The Labute approximate surface area is 156 Å². The third-order valence-corrected chi connectivity index (χ3v) is 3.30. The first-order chi connectivity index (χ1) is 13.0. The van der Waals surface area contributed by atoms with Crippen LogP contribution in [0.15, 0.2) is 47.6 Å². The van der Waals surface area contributed by atoms with Crippen molar-refractivity contribution in [3.63, 3.8) is 0 Å². The Hall–Kier alpha value is -3.55. The Morgan fingerprint density at radius 3 is 2.48 bits per heavy atom. The summed E-state index contributed by atoms with van der Waals surface area (Å²) in [6, 6.07) is 11.4. The number of aromatic hydroxyl groups is 1. The molecule has 0 aliphatic heterocycles. The molecule has 0 aliphatic carbocycles. The fraction of sp³-hybridized carbons (Fsp3) is 0.211. The van der Waals surface area contributed by atoms with Crippen molar-refractivity contribution >= 4 is 23.7 Å². The van der Waals surface area contributed by atoms with Gasteiger partial charge < -0.3 is 19.9 Å². The Morgan fingerprint density at radius 2 is 1.74 bits per heavy atom. The van der Waals surface area contributed by atoms with Crippen LogP contribution in [0.3, 0.4) is 0 Å². The molecule has 2 aromatic rings. The van der Waals surface area contributed by atoms with Gasteiger partial charge in [-0.25, -0.2) is 5.43 Å². The Morgan fingerprint density at radius 1 is 1.04 bits per heavy atom. The number of para-hydroxylation sites is 2. The average molecular weight is 371 g/mol. The molecule has 0 heterocycles. The molecule has 0 aromatic heterocycles. The zero-order chi connectivity index (χ0) is 19.6. The van der Waals surface area contributed by atoms with E-state index in [4.69, 9.17) is 9.47 Å². The van der Waals surface area contributed by atoms with Gasteiger partial charge in [0.05, 0.1) is 25.1 Å². The fourth-order valence-electron chi connectivity index (χ4n) is 2.13. The molecule has 0 aliphatic rings. The van der Waals surface area contributed by atoms with Gasteiger partial charge in [-0.1, -0.05) is 12.1 Å². The van der Waals surface area contributed by atoms with E-state index in [1.807, 2.05) is 6.92 Å². The second-order valence-electron chi connectivity index (χ2n) is 5.24. The predicted molar refractivity (Wildman–Crippen MR) is 101 cm³/mol. The number of carbonyl (C=O) groups excluding carboxylic acids is 2. The number of nitrogens with one attached hydrogen (secondary N) is 2. The summed E-state index contributed by atoms with van der Waals surface area (Å²) in [6.45, 7) is 4.44. The van der Waals surface area contributed by atoms with Gasteiger partial charge in [0.1, 0.15) is 5.75 Å². The lowest BCUT2D eigenvalue weighted by Crippen LogP contribution is -2.32. The van der Waals surface area contributed by atoms with E-state index in [9.17, 15) is 14.7 Å². The molecule has 0 saturated heterocycles. The van der Waals surface area contributed by atoms with Crippen LogP contribution in [0.25, 0.3) is 0 Å². The summed E-state index contributed by atoms with van der Waals surface area (Å²) in [5, 5.41) is 15.9. The lowest BCUT2D eigenvalue weighted by atomic mass is 10.2. The number of benzene rings is 2. The molecule has 3 N–H and O–H groups in total. The SMILES string of the molecule is CCOc1cc(C=NNC(=O)C(=O)Nc2ccccc2OCC)ccc1O. The number of rotatable bonds is 7. The number of carbonyl (C=O) groups is 2. The van der Waals surface area contributed by atoms with Crippen LogP contribution in [0.5, 0.6) is 17.2 Å². The van der Waals surface area contributed by atoms with Crippen molar-refractivity contribution < 1.29 is 24.2 Å². The summed E-state index contributed by atoms with van der Waals surface area (Å²) in [5.41, 5.74) is 3.12. The summed E-state index contributed by atoms with van der Waals surface area (Å²) in [6.07, 6.45) is 1.33. The molecular formula is C19H21N3O5. The zero-order valence-electron chi connectivity index (χ0n) is 15.1. The first-order valence-corrected chi connectivity index (χ1v) is 8.37. The standard InChI is InChI=1S/C19H21N3O5/c1-3-26-16-8-6-5-7-14(16)21-18(24)19(25)22-20-12-13-9-10-15(23)17(11-13)27-4-2/h5-12,23H,3-4H2,1-2H3,(H,21,24)(H,22,25). The van der Waals surface area contributed by atoms with E-state index >= 15 is 0 Å². The topological polar surface area (TPSA) is 109 Å². The summed E-state index contributed by atoms with van der Waals surface area (Å²) in [7, 11) is 0. The average Bonchev–Trinajstić information content (AvgIpc) is 2.66. The maximum absolute atomic E-state index is 12.0. The molecule has 2 aromatic carbocycles. The van der Waals surface area contributed by atoms with Crippen LogP contribution in [-0.4, -0.2) is 36.3 Å². The minimum absolute atomic E-state index is 0.00498.